The Kier molecular flexibility index (Phi) is 5.46. The largest absolute Gasteiger partial charge is 0.383 e. The van der Waals surface area contributed by atoms with E-state index in [0.717, 1.165) is 31.2 Å². The molecular weight excluding hydrogens is 224 g/mol. The Morgan fingerprint density at radius 3 is 2.44 bits per heavy atom. The van der Waals surface area contributed by atoms with Gasteiger partial charge in [0.15, 0.2) is 0 Å². The lowest BCUT2D eigenvalue weighted by molar-refractivity contribution is 0.0803. The predicted octanol–water partition coefficient (Wildman–Crippen LogP) is 2.26. The average molecular weight is 254 g/mol. The second-order valence-electron chi connectivity index (χ2n) is 6.44. The van der Waals surface area contributed by atoms with Crippen molar-refractivity contribution in [3.05, 3.63) is 0 Å². The standard InChI is InChI=1S/C15H30N2O/c1-12(2)8-9-17(14-6-7-14)15(11-18-3)10-16-13-4-5-13/h12-16H,4-11H2,1-3H3. The van der Waals surface area contributed by atoms with Crippen LogP contribution in [0.5, 0.6) is 0 Å². The topological polar surface area (TPSA) is 24.5 Å². The molecule has 3 nitrogen and oxygen atoms in total. The molecule has 106 valence electrons. The molecule has 2 fully saturated rings. The van der Waals surface area contributed by atoms with E-state index >= 15 is 0 Å². The zero-order valence-electron chi connectivity index (χ0n) is 12.3. The molecule has 0 spiro atoms. The van der Waals surface area contributed by atoms with Gasteiger partial charge in [-0.25, -0.2) is 0 Å². The number of nitrogens with zero attached hydrogens (tertiary/aromatic N) is 1. The minimum atomic E-state index is 0.571. The van der Waals surface area contributed by atoms with E-state index in [9.17, 15) is 0 Å². The first kappa shape index (κ1) is 14.3. The first-order valence-corrected chi connectivity index (χ1v) is 7.68. The van der Waals surface area contributed by atoms with Crippen molar-refractivity contribution in [3.8, 4) is 0 Å². The summed E-state index contributed by atoms with van der Waals surface area (Å²) < 4.78 is 5.44. The number of methoxy groups -OCH3 is 1. The lowest BCUT2D eigenvalue weighted by Crippen LogP contribution is -2.47. The molecule has 0 radical (unpaired) electrons. The summed E-state index contributed by atoms with van der Waals surface area (Å²) >= 11 is 0. The zero-order valence-corrected chi connectivity index (χ0v) is 12.3. The molecule has 18 heavy (non-hydrogen) atoms. The lowest BCUT2D eigenvalue weighted by atomic mass is 10.1. The first-order valence-electron chi connectivity index (χ1n) is 7.68. The van der Waals surface area contributed by atoms with Crippen LogP contribution in [0.15, 0.2) is 0 Å². The zero-order chi connectivity index (χ0) is 13.0. The molecule has 0 aromatic heterocycles. The maximum absolute atomic E-state index is 5.44. The molecule has 1 unspecified atom stereocenters. The van der Waals surface area contributed by atoms with E-state index in [0.29, 0.717) is 6.04 Å². The smallest absolute Gasteiger partial charge is 0.0630 e. The van der Waals surface area contributed by atoms with E-state index in [2.05, 4.69) is 24.1 Å². The molecule has 0 aliphatic heterocycles. The Morgan fingerprint density at radius 2 is 1.94 bits per heavy atom. The summed E-state index contributed by atoms with van der Waals surface area (Å²) in [5, 5.41) is 3.67. The lowest BCUT2D eigenvalue weighted by Gasteiger charge is -2.32. The highest BCUT2D eigenvalue weighted by molar-refractivity contribution is 4.91. The molecule has 2 aliphatic rings. The number of hydrogen-bond donors (Lipinski definition) is 1. The van der Waals surface area contributed by atoms with Crippen molar-refractivity contribution >= 4 is 0 Å². The first-order chi connectivity index (χ1) is 8.70. The predicted molar refractivity (Wildman–Crippen MR) is 75.9 cm³/mol. The maximum atomic E-state index is 5.44. The third-order valence-corrected chi connectivity index (χ3v) is 4.03. The van der Waals surface area contributed by atoms with E-state index in [-0.39, 0.29) is 0 Å². The van der Waals surface area contributed by atoms with Crippen molar-refractivity contribution in [3.63, 3.8) is 0 Å². The molecule has 2 aliphatic carbocycles. The highest BCUT2D eigenvalue weighted by Crippen LogP contribution is 2.29. The Balaban J connectivity index is 1.81. The second-order valence-corrected chi connectivity index (χ2v) is 6.44. The van der Waals surface area contributed by atoms with Gasteiger partial charge in [-0.1, -0.05) is 13.8 Å². The average Bonchev–Trinajstić information content (AvgIpc) is 3.17. The van der Waals surface area contributed by atoms with Crippen LogP contribution in [-0.4, -0.2) is 49.8 Å². The van der Waals surface area contributed by atoms with E-state index in [4.69, 9.17) is 4.74 Å². The maximum Gasteiger partial charge on any atom is 0.0630 e. The van der Waals surface area contributed by atoms with Crippen LogP contribution in [0.25, 0.3) is 0 Å². The van der Waals surface area contributed by atoms with Gasteiger partial charge in [-0.3, -0.25) is 4.90 Å². The molecular formula is C15H30N2O. The molecule has 1 atom stereocenters. The normalized spacial score (nSPS) is 21.8. The monoisotopic (exact) mass is 254 g/mol. The number of hydrogen-bond acceptors (Lipinski definition) is 3. The summed E-state index contributed by atoms with van der Waals surface area (Å²) in [7, 11) is 1.83. The van der Waals surface area contributed by atoms with Crippen molar-refractivity contribution in [2.24, 2.45) is 5.92 Å². The fourth-order valence-corrected chi connectivity index (χ4v) is 2.53. The van der Waals surface area contributed by atoms with Crippen LogP contribution in [0.1, 0.15) is 46.0 Å². The van der Waals surface area contributed by atoms with Gasteiger partial charge in [-0.15, -0.1) is 0 Å². The van der Waals surface area contributed by atoms with Crippen LogP contribution in [-0.2, 0) is 4.74 Å². The summed E-state index contributed by atoms with van der Waals surface area (Å²) in [6.07, 6.45) is 6.83. The van der Waals surface area contributed by atoms with Gasteiger partial charge < -0.3 is 10.1 Å². The molecule has 2 rings (SSSR count). The molecule has 0 aromatic rings. The van der Waals surface area contributed by atoms with E-state index in [1.165, 1.54) is 38.6 Å². The second kappa shape index (κ2) is 6.88. The van der Waals surface area contributed by atoms with Crippen molar-refractivity contribution in [1.82, 2.24) is 10.2 Å². The molecule has 2 saturated carbocycles. The van der Waals surface area contributed by atoms with Gasteiger partial charge in [0.25, 0.3) is 0 Å². The SMILES string of the molecule is COCC(CNC1CC1)N(CCC(C)C)C1CC1. The van der Waals surface area contributed by atoms with Crippen LogP contribution in [0.2, 0.25) is 0 Å². The summed E-state index contributed by atoms with van der Waals surface area (Å²) in [5.41, 5.74) is 0. The molecule has 0 aromatic carbocycles. The van der Waals surface area contributed by atoms with Crippen LogP contribution in [0.4, 0.5) is 0 Å². The van der Waals surface area contributed by atoms with Gasteiger partial charge in [0.1, 0.15) is 0 Å². The number of nitrogens with one attached hydrogen (secondary N) is 1. The molecule has 0 heterocycles. The van der Waals surface area contributed by atoms with Crippen LogP contribution in [0.3, 0.4) is 0 Å². The molecule has 0 amide bonds. The third kappa shape index (κ3) is 4.87. The van der Waals surface area contributed by atoms with Gasteiger partial charge >= 0.3 is 0 Å². The van der Waals surface area contributed by atoms with E-state index in [1.807, 2.05) is 7.11 Å². The molecule has 0 bridgehead atoms. The highest BCUT2D eigenvalue weighted by atomic mass is 16.5. The van der Waals surface area contributed by atoms with Crippen molar-refractivity contribution in [2.75, 3.05) is 26.8 Å². The molecule has 1 N–H and O–H groups in total. The summed E-state index contributed by atoms with van der Waals surface area (Å²) in [4.78, 5) is 2.71. The van der Waals surface area contributed by atoms with Crippen LogP contribution < -0.4 is 5.32 Å². The fraction of sp³-hybridized carbons (Fsp3) is 1.00. The van der Waals surface area contributed by atoms with Crippen molar-refractivity contribution in [1.29, 1.82) is 0 Å². The van der Waals surface area contributed by atoms with Crippen LogP contribution in [0, 0.1) is 5.92 Å². The minimum absolute atomic E-state index is 0.571. The Morgan fingerprint density at radius 1 is 1.22 bits per heavy atom. The van der Waals surface area contributed by atoms with Gasteiger partial charge in [-0.05, 0) is 44.6 Å². The molecule has 0 saturated heterocycles. The number of rotatable bonds is 10. The quantitative estimate of drug-likeness (QED) is 0.647. The summed E-state index contributed by atoms with van der Waals surface area (Å²) in [6, 6.07) is 2.21. The Bertz CT molecular complexity index is 237. The van der Waals surface area contributed by atoms with Gasteiger partial charge in [0.05, 0.1) is 6.61 Å². The van der Waals surface area contributed by atoms with Crippen LogP contribution >= 0.6 is 0 Å². The van der Waals surface area contributed by atoms with E-state index < -0.39 is 0 Å². The van der Waals surface area contributed by atoms with Crippen molar-refractivity contribution < 1.29 is 4.74 Å². The Labute approximate surface area is 112 Å². The highest BCUT2D eigenvalue weighted by Gasteiger charge is 2.34. The number of ether oxygens (including phenoxy) is 1. The molecule has 3 heteroatoms. The third-order valence-electron chi connectivity index (χ3n) is 4.03. The van der Waals surface area contributed by atoms with Gasteiger partial charge in [0.2, 0.25) is 0 Å². The fourth-order valence-electron chi connectivity index (χ4n) is 2.53. The van der Waals surface area contributed by atoms with E-state index in [1.54, 1.807) is 0 Å². The van der Waals surface area contributed by atoms with Gasteiger partial charge in [-0.2, -0.15) is 0 Å². The summed E-state index contributed by atoms with van der Waals surface area (Å²) in [5.74, 6) is 0.797. The van der Waals surface area contributed by atoms with Crippen molar-refractivity contribution in [2.45, 2.75) is 64.1 Å². The Hall–Kier alpha value is -0.120. The summed E-state index contributed by atoms with van der Waals surface area (Å²) in [6.45, 7) is 7.85. The minimum Gasteiger partial charge on any atom is -0.383 e. The van der Waals surface area contributed by atoms with Gasteiger partial charge in [0, 0.05) is 31.8 Å².